The van der Waals surface area contributed by atoms with Gasteiger partial charge in [0, 0.05) is 17.4 Å². The number of sulfonamides is 1. The Balaban J connectivity index is 1.78. The third-order valence-corrected chi connectivity index (χ3v) is 6.41. The second kappa shape index (κ2) is 8.58. The van der Waals surface area contributed by atoms with Crippen LogP contribution in [0.1, 0.15) is 29.4 Å². The van der Waals surface area contributed by atoms with Gasteiger partial charge >= 0.3 is 0 Å². The Kier molecular flexibility index (Phi) is 5.81. The zero-order chi connectivity index (χ0) is 23.8. The van der Waals surface area contributed by atoms with Crippen molar-refractivity contribution in [1.82, 2.24) is 15.2 Å². The van der Waals surface area contributed by atoms with E-state index in [4.69, 9.17) is 5.73 Å². The second-order valence-corrected chi connectivity index (χ2v) is 9.19. The largest absolute Gasteiger partial charge is 0.399 e. The molecule has 170 valence electrons. The van der Waals surface area contributed by atoms with E-state index in [9.17, 15) is 17.6 Å². The van der Waals surface area contributed by atoms with Crippen molar-refractivity contribution in [3.8, 4) is 11.1 Å². The van der Waals surface area contributed by atoms with Gasteiger partial charge in [-0.15, -0.1) is 0 Å². The number of aromatic nitrogens is 3. The molecule has 0 saturated heterocycles. The van der Waals surface area contributed by atoms with Crippen LogP contribution in [-0.2, 0) is 10.0 Å². The van der Waals surface area contributed by atoms with Crippen LogP contribution in [0.25, 0.3) is 22.2 Å². The standard InChI is InChI=1S/C22H19F2N5O3S/c1-2-9-33(31,32)29-17-8-7-16(23)18(19(17)24)21(30)20-15-10-13(11-26-22(15)28-27-20)12-3-5-14(25)6-4-12/h3-8,10-11,29H,2,9,25H2,1H3,(H,26,27,28). The Bertz CT molecular complexity index is 1470. The summed E-state index contributed by atoms with van der Waals surface area (Å²) in [6.07, 6.45) is 1.86. The molecule has 2 aromatic carbocycles. The smallest absolute Gasteiger partial charge is 0.232 e. The van der Waals surface area contributed by atoms with Gasteiger partial charge in [-0.3, -0.25) is 14.6 Å². The molecule has 0 bridgehead atoms. The van der Waals surface area contributed by atoms with E-state index in [2.05, 4.69) is 19.9 Å². The summed E-state index contributed by atoms with van der Waals surface area (Å²) < 4.78 is 55.7. The third-order valence-electron chi connectivity index (χ3n) is 4.93. The number of hydrogen-bond acceptors (Lipinski definition) is 6. The molecule has 0 saturated carbocycles. The Hall–Kier alpha value is -3.86. The van der Waals surface area contributed by atoms with Crippen LogP contribution in [0, 0.1) is 11.6 Å². The summed E-state index contributed by atoms with van der Waals surface area (Å²) >= 11 is 0. The van der Waals surface area contributed by atoms with Gasteiger partial charge in [-0.2, -0.15) is 5.10 Å². The number of anilines is 2. The number of nitrogen functional groups attached to an aromatic ring is 1. The molecular formula is C22H19F2N5O3S. The Morgan fingerprint density at radius 1 is 1.12 bits per heavy atom. The minimum atomic E-state index is -3.85. The zero-order valence-corrected chi connectivity index (χ0v) is 18.2. The number of nitrogens with one attached hydrogen (secondary N) is 2. The molecule has 4 N–H and O–H groups in total. The average molecular weight is 471 g/mol. The molecule has 0 aliphatic carbocycles. The minimum Gasteiger partial charge on any atom is -0.399 e. The molecular weight excluding hydrogens is 452 g/mol. The summed E-state index contributed by atoms with van der Waals surface area (Å²) in [4.78, 5) is 17.3. The van der Waals surface area contributed by atoms with Gasteiger partial charge in [0.15, 0.2) is 11.5 Å². The van der Waals surface area contributed by atoms with Gasteiger partial charge in [0.1, 0.15) is 11.5 Å². The third kappa shape index (κ3) is 4.40. The van der Waals surface area contributed by atoms with Crippen molar-refractivity contribution in [3.63, 3.8) is 0 Å². The lowest BCUT2D eigenvalue weighted by atomic mass is 10.0. The van der Waals surface area contributed by atoms with Crippen molar-refractivity contribution in [1.29, 1.82) is 0 Å². The topological polar surface area (TPSA) is 131 Å². The normalized spacial score (nSPS) is 11.6. The van der Waals surface area contributed by atoms with Crippen LogP contribution in [0.3, 0.4) is 0 Å². The molecule has 0 atom stereocenters. The van der Waals surface area contributed by atoms with Gasteiger partial charge in [-0.05, 0) is 42.3 Å². The maximum absolute atomic E-state index is 15.1. The highest BCUT2D eigenvalue weighted by Crippen LogP contribution is 2.29. The predicted molar refractivity (Wildman–Crippen MR) is 121 cm³/mol. The monoisotopic (exact) mass is 471 g/mol. The number of aromatic amines is 1. The van der Waals surface area contributed by atoms with Gasteiger partial charge in [0.25, 0.3) is 0 Å². The Morgan fingerprint density at radius 2 is 1.85 bits per heavy atom. The number of carbonyl (C=O) groups excluding carboxylic acids is 1. The first-order valence-electron chi connectivity index (χ1n) is 9.93. The van der Waals surface area contributed by atoms with Crippen LogP contribution >= 0.6 is 0 Å². The molecule has 0 aliphatic rings. The summed E-state index contributed by atoms with van der Waals surface area (Å²) in [5, 5.41) is 6.74. The lowest BCUT2D eigenvalue weighted by molar-refractivity contribution is 0.102. The van der Waals surface area contributed by atoms with E-state index in [0.717, 1.165) is 17.7 Å². The van der Waals surface area contributed by atoms with Crippen LogP contribution in [0.4, 0.5) is 20.2 Å². The number of H-pyrrole nitrogens is 1. The van der Waals surface area contributed by atoms with E-state index >= 15 is 4.39 Å². The molecule has 4 rings (SSSR count). The fourth-order valence-corrected chi connectivity index (χ4v) is 4.49. The second-order valence-electron chi connectivity index (χ2n) is 7.35. The molecule has 0 radical (unpaired) electrons. The maximum Gasteiger partial charge on any atom is 0.232 e. The molecule has 0 aliphatic heterocycles. The van der Waals surface area contributed by atoms with Crippen molar-refractivity contribution in [2.75, 3.05) is 16.2 Å². The molecule has 33 heavy (non-hydrogen) atoms. The van der Waals surface area contributed by atoms with E-state index < -0.39 is 38.7 Å². The lowest BCUT2D eigenvalue weighted by Crippen LogP contribution is -2.18. The summed E-state index contributed by atoms with van der Waals surface area (Å²) in [5.74, 6) is -3.77. The van der Waals surface area contributed by atoms with Crippen molar-refractivity contribution < 1.29 is 22.0 Å². The lowest BCUT2D eigenvalue weighted by Gasteiger charge is -2.11. The number of carbonyl (C=O) groups is 1. The number of rotatable bonds is 7. The molecule has 0 fully saturated rings. The van der Waals surface area contributed by atoms with Crippen LogP contribution in [0.15, 0.2) is 48.7 Å². The molecule has 2 heterocycles. The highest BCUT2D eigenvalue weighted by atomic mass is 32.2. The van der Waals surface area contributed by atoms with Crippen LogP contribution in [0.5, 0.6) is 0 Å². The number of nitrogens with zero attached hydrogens (tertiary/aromatic N) is 2. The number of hydrogen-bond donors (Lipinski definition) is 3. The number of benzene rings is 2. The Morgan fingerprint density at radius 3 is 2.55 bits per heavy atom. The fourth-order valence-electron chi connectivity index (χ4n) is 3.36. The molecule has 0 amide bonds. The summed E-state index contributed by atoms with van der Waals surface area (Å²) in [7, 11) is -3.85. The molecule has 0 unspecified atom stereocenters. The van der Waals surface area contributed by atoms with Crippen LogP contribution < -0.4 is 10.5 Å². The molecule has 0 spiro atoms. The maximum atomic E-state index is 15.1. The van der Waals surface area contributed by atoms with Crippen LogP contribution in [-0.4, -0.2) is 35.1 Å². The molecule has 11 heteroatoms. The molecule has 8 nitrogen and oxygen atoms in total. The van der Waals surface area contributed by atoms with Crippen molar-refractivity contribution >= 4 is 38.2 Å². The van der Waals surface area contributed by atoms with Gasteiger partial charge in [-0.1, -0.05) is 19.1 Å². The van der Waals surface area contributed by atoms with E-state index in [1.165, 1.54) is 0 Å². The summed E-state index contributed by atoms with van der Waals surface area (Å²) in [6, 6.07) is 10.3. The van der Waals surface area contributed by atoms with E-state index in [1.54, 1.807) is 43.5 Å². The predicted octanol–water partition coefficient (Wildman–Crippen LogP) is 3.87. The van der Waals surface area contributed by atoms with Crippen LogP contribution in [0.2, 0.25) is 0 Å². The van der Waals surface area contributed by atoms with Crippen molar-refractivity contribution in [3.05, 3.63) is 71.6 Å². The quantitative estimate of drug-likeness (QED) is 0.277. The van der Waals surface area contributed by atoms with Gasteiger partial charge in [0.2, 0.25) is 15.8 Å². The van der Waals surface area contributed by atoms with Crippen molar-refractivity contribution in [2.24, 2.45) is 0 Å². The first-order chi connectivity index (χ1) is 15.7. The number of ketones is 1. The van der Waals surface area contributed by atoms with Gasteiger partial charge in [0.05, 0.1) is 22.4 Å². The summed E-state index contributed by atoms with van der Waals surface area (Å²) in [6.45, 7) is 1.64. The van der Waals surface area contributed by atoms with Gasteiger partial charge < -0.3 is 5.73 Å². The number of halogens is 2. The molecule has 4 aromatic rings. The average Bonchev–Trinajstić information content (AvgIpc) is 3.19. The van der Waals surface area contributed by atoms with E-state index in [-0.39, 0.29) is 22.5 Å². The Labute approximate surface area is 187 Å². The number of fused-ring (bicyclic) bond motifs is 1. The zero-order valence-electron chi connectivity index (χ0n) is 17.4. The fraction of sp³-hybridized carbons (Fsp3) is 0.136. The van der Waals surface area contributed by atoms with E-state index in [0.29, 0.717) is 17.7 Å². The minimum absolute atomic E-state index is 0.248. The van der Waals surface area contributed by atoms with Gasteiger partial charge in [-0.25, -0.2) is 22.2 Å². The first kappa shape index (κ1) is 22.3. The van der Waals surface area contributed by atoms with Crippen molar-refractivity contribution in [2.45, 2.75) is 13.3 Å². The molecule has 2 aromatic heterocycles. The number of nitrogens with two attached hydrogens (primary N) is 1. The first-order valence-corrected chi connectivity index (χ1v) is 11.6. The SMILES string of the molecule is CCCS(=O)(=O)Nc1ccc(F)c(C(=O)c2n[nH]c3ncc(-c4ccc(N)cc4)cc23)c1F. The van der Waals surface area contributed by atoms with E-state index in [1.807, 2.05) is 0 Å². The highest BCUT2D eigenvalue weighted by Gasteiger charge is 2.27. The number of pyridine rings is 1. The highest BCUT2D eigenvalue weighted by molar-refractivity contribution is 7.92. The summed E-state index contributed by atoms with van der Waals surface area (Å²) in [5.41, 5.74) is 6.26.